The molecule has 200 valence electrons. The van der Waals surface area contributed by atoms with Crippen LogP contribution in [0.3, 0.4) is 0 Å². The van der Waals surface area contributed by atoms with Gasteiger partial charge in [-0.15, -0.1) is 0 Å². The zero-order chi connectivity index (χ0) is 27.3. The Hall–Kier alpha value is -3.71. The molecule has 4 rings (SSSR count). The van der Waals surface area contributed by atoms with E-state index in [-0.39, 0.29) is 5.91 Å². The van der Waals surface area contributed by atoms with Crippen LogP contribution >= 0.6 is 11.6 Å². The summed E-state index contributed by atoms with van der Waals surface area (Å²) in [6, 6.07) is 22.3. The third-order valence-electron chi connectivity index (χ3n) is 5.98. The molecule has 0 aliphatic carbocycles. The number of rotatable bonds is 8. The summed E-state index contributed by atoms with van der Waals surface area (Å²) in [7, 11) is 0. The van der Waals surface area contributed by atoms with Gasteiger partial charge in [-0.3, -0.25) is 9.69 Å². The van der Waals surface area contributed by atoms with Gasteiger partial charge in [0.2, 0.25) is 0 Å². The van der Waals surface area contributed by atoms with E-state index < -0.39 is 17.5 Å². The Morgan fingerprint density at radius 1 is 1.03 bits per heavy atom. The number of anilines is 1. The third-order valence-corrected chi connectivity index (χ3v) is 6.24. The highest BCUT2D eigenvalue weighted by atomic mass is 35.5. The predicted octanol–water partition coefficient (Wildman–Crippen LogP) is 6.52. The molecule has 1 aliphatic rings. The van der Waals surface area contributed by atoms with Crippen molar-refractivity contribution >= 4 is 29.3 Å². The van der Waals surface area contributed by atoms with Gasteiger partial charge >= 0.3 is 17.8 Å². The topological polar surface area (TPSA) is 77.1 Å². The molecule has 0 radical (unpaired) electrons. The van der Waals surface area contributed by atoms with Crippen molar-refractivity contribution in [1.29, 1.82) is 0 Å². The number of hydrogen-bond acceptors (Lipinski definition) is 5. The van der Waals surface area contributed by atoms with Gasteiger partial charge < -0.3 is 19.5 Å². The quantitative estimate of drug-likeness (QED) is 0.355. The van der Waals surface area contributed by atoms with Gasteiger partial charge in [0.25, 0.3) is 0 Å². The van der Waals surface area contributed by atoms with Crippen molar-refractivity contribution in [3.8, 4) is 11.5 Å². The lowest BCUT2D eigenvalue weighted by Crippen LogP contribution is -2.59. The maximum atomic E-state index is 14.0. The summed E-state index contributed by atoms with van der Waals surface area (Å²) in [5.41, 5.74) is 2.00. The SMILES string of the molecule is CCC1(Oc2cccc(CCNC(=O)OC(C)(C)C)c2)Oc2ccccc2N(Cc2ccc(Cl)cc2)C1=O. The Morgan fingerprint density at radius 3 is 2.47 bits per heavy atom. The van der Waals surface area contributed by atoms with E-state index in [1.54, 1.807) is 23.1 Å². The van der Waals surface area contributed by atoms with Gasteiger partial charge in [-0.25, -0.2) is 4.79 Å². The van der Waals surface area contributed by atoms with Crippen LogP contribution in [0.5, 0.6) is 11.5 Å². The molecule has 1 heterocycles. The van der Waals surface area contributed by atoms with E-state index in [2.05, 4.69) is 5.32 Å². The standard InChI is InChI=1S/C30H33ClN2O5/c1-5-30(36-24-10-8-9-21(19-24)17-18-32-28(35)38-29(2,3)4)27(34)33(20-22-13-15-23(31)16-14-22)25-11-6-7-12-26(25)37-30/h6-16,19H,5,17-18,20H2,1-4H3,(H,32,35). The van der Waals surface area contributed by atoms with Crippen molar-refractivity contribution in [2.45, 2.75) is 58.5 Å². The molecular formula is C30H33ClN2O5. The van der Waals surface area contributed by atoms with Crippen molar-refractivity contribution in [2.24, 2.45) is 0 Å². The summed E-state index contributed by atoms with van der Waals surface area (Å²) in [6.07, 6.45) is 0.396. The molecule has 1 N–H and O–H groups in total. The molecule has 7 nitrogen and oxygen atoms in total. The van der Waals surface area contributed by atoms with Crippen LogP contribution in [-0.4, -0.2) is 29.9 Å². The first kappa shape index (κ1) is 27.3. The second-order valence-electron chi connectivity index (χ2n) is 10.1. The fraction of sp³-hybridized carbons (Fsp3) is 0.333. The highest BCUT2D eigenvalue weighted by Crippen LogP contribution is 2.41. The molecule has 3 aromatic rings. The van der Waals surface area contributed by atoms with Gasteiger partial charge in [0.1, 0.15) is 17.1 Å². The molecular weight excluding hydrogens is 504 g/mol. The minimum absolute atomic E-state index is 0.286. The van der Waals surface area contributed by atoms with E-state index in [0.717, 1.165) is 11.1 Å². The highest BCUT2D eigenvalue weighted by molar-refractivity contribution is 6.30. The van der Waals surface area contributed by atoms with Crippen molar-refractivity contribution in [3.05, 3.63) is 88.9 Å². The second-order valence-corrected chi connectivity index (χ2v) is 10.6. The van der Waals surface area contributed by atoms with Gasteiger partial charge in [-0.2, -0.15) is 0 Å². The van der Waals surface area contributed by atoms with Crippen molar-refractivity contribution in [1.82, 2.24) is 5.32 Å². The molecule has 0 saturated heterocycles. The second kappa shape index (κ2) is 11.4. The Labute approximate surface area is 228 Å². The largest absolute Gasteiger partial charge is 0.444 e. The van der Waals surface area contributed by atoms with Gasteiger partial charge in [0.05, 0.1) is 12.2 Å². The van der Waals surface area contributed by atoms with Gasteiger partial charge in [0.15, 0.2) is 0 Å². The number of carbonyl (C=O) groups excluding carboxylic acids is 2. The Morgan fingerprint density at radius 2 is 1.76 bits per heavy atom. The number of hydrogen-bond donors (Lipinski definition) is 1. The normalized spacial score (nSPS) is 16.9. The van der Waals surface area contributed by atoms with Crippen LogP contribution in [0.4, 0.5) is 10.5 Å². The number of ether oxygens (including phenoxy) is 3. The number of fused-ring (bicyclic) bond motifs is 1. The van der Waals surface area contributed by atoms with E-state index in [0.29, 0.717) is 48.1 Å². The number of benzene rings is 3. The molecule has 0 fully saturated rings. The van der Waals surface area contributed by atoms with Crippen LogP contribution in [0.1, 0.15) is 45.2 Å². The number of amides is 2. The molecule has 0 saturated carbocycles. The molecule has 2 amide bonds. The van der Waals surface area contributed by atoms with E-state index in [9.17, 15) is 9.59 Å². The van der Waals surface area contributed by atoms with Crippen molar-refractivity contribution in [2.75, 3.05) is 11.4 Å². The lowest BCUT2D eigenvalue weighted by molar-refractivity contribution is -0.167. The van der Waals surface area contributed by atoms with Crippen molar-refractivity contribution < 1.29 is 23.8 Å². The summed E-state index contributed by atoms with van der Waals surface area (Å²) in [5, 5.41) is 3.40. The van der Waals surface area contributed by atoms with E-state index in [4.69, 9.17) is 25.8 Å². The molecule has 38 heavy (non-hydrogen) atoms. The fourth-order valence-electron chi connectivity index (χ4n) is 4.17. The average Bonchev–Trinajstić information content (AvgIpc) is 2.87. The lowest BCUT2D eigenvalue weighted by atomic mass is 10.1. The number of alkyl carbamates (subject to hydrolysis) is 1. The lowest BCUT2D eigenvalue weighted by Gasteiger charge is -2.41. The average molecular weight is 537 g/mol. The van der Waals surface area contributed by atoms with Gasteiger partial charge in [0, 0.05) is 18.0 Å². The number of nitrogens with zero attached hydrogens (tertiary/aromatic N) is 1. The van der Waals surface area contributed by atoms with Gasteiger partial charge in [-0.1, -0.05) is 54.9 Å². The first-order chi connectivity index (χ1) is 18.1. The Bertz CT molecular complexity index is 1290. The fourth-order valence-corrected chi connectivity index (χ4v) is 4.30. The minimum Gasteiger partial charge on any atom is -0.444 e. The number of nitrogens with one attached hydrogen (secondary N) is 1. The summed E-state index contributed by atoms with van der Waals surface area (Å²) in [5.74, 6) is -0.749. The van der Waals surface area contributed by atoms with Crippen LogP contribution in [0, 0.1) is 0 Å². The summed E-state index contributed by atoms with van der Waals surface area (Å²) >= 11 is 6.06. The maximum absolute atomic E-state index is 14.0. The molecule has 1 aliphatic heterocycles. The summed E-state index contributed by atoms with van der Waals surface area (Å²) in [4.78, 5) is 27.6. The molecule has 0 bridgehead atoms. The zero-order valence-corrected chi connectivity index (χ0v) is 22.9. The van der Waals surface area contributed by atoms with Crippen molar-refractivity contribution in [3.63, 3.8) is 0 Å². The molecule has 8 heteroatoms. The first-order valence-corrected chi connectivity index (χ1v) is 13.1. The molecule has 1 atom stereocenters. The van der Waals surface area contributed by atoms with E-state index >= 15 is 0 Å². The Kier molecular flexibility index (Phi) is 8.17. The minimum atomic E-state index is -1.53. The van der Waals surface area contributed by atoms with Crippen LogP contribution in [0.15, 0.2) is 72.8 Å². The number of para-hydroxylation sites is 2. The summed E-state index contributed by atoms with van der Waals surface area (Å²) < 4.78 is 17.9. The maximum Gasteiger partial charge on any atom is 0.407 e. The van der Waals surface area contributed by atoms with E-state index in [1.165, 1.54) is 0 Å². The highest BCUT2D eigenvalue weighted by Gasteiger charge is 2.49. The number of carbonyl (C=O) groups is 2. The zero-order valence-electron chi connectivity index (χ0n) is 22.1. The third kappa shape index (κ3) is 6.58. The molecule has 1 unspecified atom stereocenters. The first-order valence-electron chi connectivity index (χ1n) is 12.7. The van der Waals surface area contributed by atoms with Crippen LogP contribution in [-0.2, 0) is 22.5 Å². The van der Waals surface area contributed by atoms with E-state index in [1.807, 2.05) is 82.3 Å². The number of halogens is 1. The van der Waals surface area contributed by atoms with Crippen LogP contribution in [0.2, 0.25) is 5.02 Å². The predicted molar refractivity (Wildman–Crippen MR) is 148 cm³/mol. The molecule has 0 aromatic heterocycles. The molecule has 3 aromatic carbocycles. The monoisotopic (exact) mass is 536 g/mol. The molecule has 0 spiro atoms. The van der Waals surface area contributed by atoms with Gasteiger partial charge in [-0.05, 0) is 74.7 Å². The van der Waals surface area contributed by atoms with Crippen LogP contribution in [0.25, 0.3) is 0 Å². The van der Waals surface area contributed by atoms with Crippen LogP contribution < -0.4 is 19.7 Å². The summed E-state index contributed by atoms with van der Waals surface area (Å²) in [6.45, 7) is 8.06. The smallest absolute Gasteiger partial charge is 0.407 e. The Balaban J connectivity index is 1.53.